The molecule has 0 bridgehead atoms. The summed E-state index contributed by atoms with van der Waals surface area (Å²) in [6.45, 7) is 0. The second-order valence-corrected chi connectivity index (χ2v) is 4.85. The van der Waals surface area contributed by atoms with Gasteiger partial charge < -0.3 is 0 Å². The highest BCUT2D eigenvalue weighted by Crippen LogP contribution is 2.37. The molecule has 0 aliphatic heterocycles. The number of carbonyl (C=O) groups excluding carboxylic acids is 1. The van der Waals surface area contributed by atoms with Crippen LogP contribution in [0.1, 0.15) is 10.4 Å². The van der Waals surface area contributed by atoms with Gasteiger partial charge in [0.25, 0.3) is 0 Å². The van der Waals surface area contributed by atoms with Crippen LogP contribution in [0.4, 0.5) is 4.39 Å². The van der Waals surface area contributed by atoms with E-state index in [0.717, 1.165) is 0 Å². The minimum absolute atomic E-state index is 0.0467. The molecule has 0 spiro atoms. The molecule has 18 heavy (non-hydrogen) atoms. The summed E-state index contributed by atoms with van der Waals surface area (Å²) in [7, 11) is 0. The highest BCUT2D eigenvalue weighted by Gasteiger charge is 2.12. The molecule has 92 valence electrons. The quantitative estimate of drug-likeness (QED) is 0.691. The van der Waals surface area contributed by atoms with Crippen molar-refractivity contribution in [2.24, 2.45) is 0 Å². The van der Waals surface area contributed by atoms with Crippen molar-refractivity contribution in [3.05, 3.63) is 56.8 Å². The van der Waals surface area contributed by atoms with E-state index >= 15 is 0 Å². The summed E-state index contributed by atoms with van der Waals surface area (Å²) in [6, 6.07) is 7.16. The molecular weight excluding hydrogens is 297 g/mol. The highest BCUT2D eigenvalue weighted by atomic mass is 35.5. The molecular formula is C13H6Cl3FO. The third kappa shape index (κ3) is 2.51. The van der Waals surface area contributed by atoms with E-state index in [1.165, 1.54) is 30.3 Å². The van der Waals surface area contributed by atoms with Gasteiger partial charge in [0.05, 0.1) is 15.6 Å². The fraction of sp³-hybridized carbons (Fsp3) is 0. The van der Waals surface area contributed by atoms with E-state index < -0.39 is 5.82 Å². The zero-order valence-corrected chi connectivity index (χ0v) is 11.2. The van der Waals surface area contributed by atoms with Crippen LogP contribution in [0.25, 0.3) is 11.1 Å². The Kier molecular flexibility index (Phi) is 3.91. The zero-order valence-electron chi connectivity index (χ0n) is 8.88. The standard InChI is InChI=1S/C13H6Cl3FO/c14-9-4-10(15)13(11(16)5-9)7-1-2-12(17)8(3-7)6-18/h1-6H. The second kappa shape index (κ2) is 5.27. The van der Waals surface area contributed by atoms with Gasteiger partial charge >= 0.3 is 0 Å². The summed E-state index contributed by atoms with van der Waals surface area (Å²) in [5.41, 5.74) is 1.03. The Morgan fingerprint density at radius 2 is 1.61 bits per heavy atom. The molecule has 0 saturated heterocycles. The first-order chi connectivity index (χ1) is 8.52. The largest absolute Gasteiger partial charge is 0.298 e. The molecule has 0 unspecified atom stereocenters. The molecule has 0 fully saturated rings. The summed E-state index contributed by atoms with van der Waals surface area (Å²) >= 11 is 17.9. The predicted octanol–water partition coefficient (Wildman–Crippen LogP) is 5.27. The number of aldehydes is 1. The van der Waals surface area contributed by atoms with E-state index in [2.05, 4.69) is 0 Å². The second-order valence-electron chi connectivity index (χ2n) is 3.60. The van der Waals surface area contributed by atoms with Gasteiger partial charge in [-0.2, -0.15) is 0 Å². The SMILES string of the molecule is O=Cc1cc(-c2c(Cl)cc(Cl)cc2Cl)ccc1F. The molecule has 0 heterocycles. The van der Waals surface area contributed by atoms with Crippen LogP contribution < -0.4 is 0 Å². The summed E-state index contributed by atoms with van der Waals surface area (Å²) in [4.78, 5) is 10.7. The Morgan fingerprint density at radius 1 is 1.00 bits per heavy atom. The maximum atomic E-state index is 13.2. The molecule has 2 rings (SSSR count). The first-order valence-electron chi connectivity index (χ1n) is 4.92. The van der Waals surface area contributed by atoms with Crippen molar-refractivity contribution in [3.8, 4) is 11.1 Å². The molecule has 0 saturated carbocycles. The van der Waals surface area contributed by atoms with Crippen molar-refractivity contribution >= 4 is 41.1 Å². The van der Waals surface area contributed by atoms with Crippen LogP contribution in [0.15, 0.2) is 30.3 Å². The molecule has 1 nitrogen and oxygen atoms in total. The first kappa shape index (κ1) is 13.3. The lowest BCUT2D eigenvalue weighted by atomic mass is 10.0. The molecule has 0 radical (unpaired) electrons. The van der Waals surface area contributed by atoms with Gasteiger partial charge in [-0.05, 0) is 29.8 Å². The van der Waals surface area contributed by atoms with Gasteiger partial charge in [-0.25, -0.2) is 4.39 Å². The van der Waals surface area contributed by atoms with E-state index in [-0.39, 0.29) is 5.56 Å². The fourth-order valence-electron chi connectivity index (χ4n) is 1.61. The van der Waals surface area contributed by atoms with E-state index in [9.17, 15) is 9.18 Å². The third-order valence-corrected chi connectivity index (χ3v) is 3.23. The van der Waals surface area contributed by atoms with Gasteiger partial charge in [-0.1, -0.05) is 40.9 Å². The van der Waals surface area contributed by atoms with E-state index in [1.807, 2.05) is 0 Å². The van der Waals surface area contributed by atoms with Crippen molar-refractivity contribution < 1.29 is 9.18 Å². The fourth-order valence-corrected chi connectivity index (χ4v) is 2.64. The van der Waals surface area contributed by atoms with Crippen molar-refractivity contribution in [2.75, 3.05) is 0 Å². The van der Waals surface area contributed by atoms with E-state index in [1.54, 1.807) is 0 Å². The smallest absolute Gasteiger partial charge is 0.153 e. The topological polar surface area (TPSA) is 17.1 Å². The van der Waals surface area contributed by atoms with Gasteiger partial charge in [0.2, 0.25) is 0 Å². The molecule has 0 aliphatic carbocycles. The number of rotatable bonds is 2. The molecule has 0 atom stereocenters. The van der Waals surface area contributed by atoms with E-state index in [4.69, 9.17) is 34.8 Å². The predicted molar refractivity (Wildman–Crippen MR) is 72.3 cm³/mol. The van der Waals surface area contributed by atoms with Crippen molar-refractivity contribution in [3.63, 3.8) is 0 Å². The van der Waals surface area contributed by atoms with Crippen LogP contribution in [0.3, 0.4) is 0 Å². The lowest BCUT2D eigenvalue weighted by Gasteiger charge is -2.09. The summed E-state index contributed by atoms with van der Waals surface area (Å²) < 4.78 is 13.2. The number of halogens is 4. The van der Waals surface area contributed by atoms with Crippen LogP contribution in [-0.4, -0.2) is 6.29 Å². The maximum absolute atomic E-state index is 13.2. The van der Waals surface area contributed by atoms with Gasteiger partial charge in [0.15, 0.2) is 6.29 Å². The summed E-state index contributed by atoms with van der Waals surface area (Å²) in [5.74, 6) is -0.588. The molecule has 0 aromatic heterocycles. The van der Waals surface area contributed by atoms with Crippen LogP contribution in [0.5, 0.6) is 0 Å². The molecule has 2 aromatic carbocycles. The van der Waals surface area contributed by atoms with Crippen LogP contribution in [0.2, 0.25) is 15.1 Å². The van der Waals surface area contributed by atoms with Gasteiger partial charge in [-0.3, -0.25) is 4.79 Å². The highest BCUT2D eigenvalue weighted by molar-refractivity contribution is 6.41. The van der Waals surface area contributed by atoms with Crippen molar-refractivity contribution in [1.29, 1.82) is 0 Å². The minimum Gasteiger partial charge on any atom is -0.298 e. The van der Waals surface area contributed by atoms with Gasteiger partial charge in [0.1, 0.15) is 5.82 Å². The van der Waals surface area contributed by atoms with Crippen molar-refractivity contribution in [1.82, 2.24) is 0 Å². The Bertz CT molecular complexity index is 603. The lowest BCUT2D eigenvalue weighted by molar-refractivity contribution is 0.112. The van der Waals surface area contributed by atoms with Gasteiger partial charge in [0, 0.05) is 10.6 Å². The average Bonchev–Trinajstić information content (AvgIpc) is 2.30. The molecule has 0 N–H and O–H groups in total. The van der Waals surface area contributed by atoms with Gasteiger partial charge in [-0.15, -0.1) is 0 Å². The van der Waals surface area contributed by atoms with Crippen molar-refractivity contribution in [2.45, 2.75) is 0 Å². The lowest BCUT2D eigenvalue weighted by Crippen LogP contribution is -1.90. The minimum atomic E-state index is -0.588. The third-order valence-electron chi connectivity index (χ3n) is 2.42. The molecule has 0 amide bonds. The Balaban J connectivity index is 2.66. The number of benzene rings is 2. The number of carbonyl (C=O) groups is 1. The zero-order chi connectivity index (χ0) is 13.3. The Hall–Kier alpha value is -1.09. The monoisotopic (exact) mass is 302 g/mol. The first-order valence-corrected chi connectivity index (χ1v) is 6.06. The summed E-state index contributed by atoms with van der Waals surface area (Å²) in [5, 5.41) is 1.10. The van der Waals surface area contributed by atoms with E-state index in [0.29, 0.717) is 32.5 Å². The number of hydrogen-bond acceptors (Lipinski definition) is 1. The molecule has 5 heteroatoms. The normalized spacial score (nSPS) is 10.4. The van der Waals surface area contributed by atoms with Crippen LogP contribution in [0, 0.1) is 5.82 Å². The Morgan fingerprint density at radius 3 is 2.17 bits per heavy atom. The Labute approximate surface area is 118 Å². The molecule has 0 aliphatic rings. The van der Waals surface area contributed by atoms with Crippen LogP contribution >= 0.6 is 34.8 Å². The maximum Gasteiger partial charge on any atom is 0.153 e. The number of hydrogen-bond donors (Lipinski definition) is 0. The molecule has 2 aromatic rings. The average molecular weight is 304 g/mol. The summed E-state index contributed by atoms with van der Waals surface area (Å²) in [6.07, 6.45) is 0.441. The van der Waals surface area contributed by atoms with Crippen LogP contribution in [-0.2, 0) is 0 Å².